The molecule has 0 aromatic rings. The second-order valence-corrected chi connectivity index (χ2v) is 5.81. The molecule has 1 fully saturated rings. The first kappa shape index (κ1) is 11.2. The molecule has 1 aliphatic rings. The van der Waals surface area contributed by atoms with E-state index in [-0.39, 0.29) is 11.5 Å². The Hall–Kier alpha value is 0.110. The van der Waals surface area contributed by atoms with Crippen LogP contribution in [0.15, 0.2) is 0 Å². The fraction of sp³-hybridized carbons (Fsp3) is 1.00. The summed E-state index contributed by atoms with van der Waals surface area (Å²) >= 11 is 0. The van der Waals surface area contributed by atoms with Crippen LogP contribution in [-0.2, 0) is 13.6 Å². The summed E-state index contributed by atoms with van der Waals surface area (Å²) in [6, 6.07) is 0. The Bertz CT molecular complexity index is 221. The maximum atomic E-state index is 11.2. The van der Waals surface area contributed by atoms with E-state index in [4.69, 9.17) is 9.05 Å². The van der Waals surface area contributed by atoms with Gasteiger partial charge in [-0.2, -0.15) is 0 Å². The van der Waals surface area contributed by atoms with E-state index in [1.54, 1.807) is 0 Å². The maximum absolute atomic E-state index is 11.2. The largest absolute Gasteiger partial charge is 0.472 e. The molecule has 5 heteroatoms. The van der Waals surface area contributed by atoms with Crippen LogP contribution in [0.2, 0.25) is 0 Å². The van der Waals surface area contributed by atoms with Crippen LogP contribution in [0.1, 0.15) is 33.6 Å². The summed E-state index contributed by atoms with van der Waals surface area (Å²) in [5.74, 6) is 0. The molecular weight excluding hydrogens is 191 g/mol. The van der Waals surface area contributed by atoms with Gasteiger partial charge < -0.3 is 4.89 Å². The second-order valence-electron chi connectivity index (χ2n) is 4.40. The van der Waals surface area contributed by atoms with Crippen molar-refractivity contribution in [3.8, 4) is 0 Å². The van der Waals surface area contributed by atoms with Gasteiger partial charge in [-0.15, -0.1) is 0 Å². The Kier molecular flexibility index (Phi) is 3.18. The maximum Gasteiger partial charge on any atom is 0.472 e. The lowest BCUT2D eigenvalue weighted by Gasteiger charge is -2.29. The quantitative estimate of drug-likeness (QED) is 0.621. The van der Waals surface area contributed by atoms with Crippen LogP contribution in [0.3, 0.4) is 0 Å². The molecule has 0 aromatic carbocycles. The van der Waals surface area contributed by atoms with Crippen molar-refractivity contribution >= 4 is 7.82 Å². The molecule has 13 heavy (non-hydrogen) atoms. The van der Waals surface area contributed by atoms with Crippen molar-refractivity contribution in [2.24, 2.45) is 5.41 Å². The highest BCUT2D eigenvalue weighted by atomic mass is 31.2. The molecule has 0 aliphatic carbocycles. The highest BCUT2D eigenvalue weighted by Gasteiger charge is 2.35. The fourth-order valence-electron chi connectivity index (χ4n) is 1.28. The third kappa shape index (κ3) is 3.39. The summed E-state index contributed by atoms with van der Waals surface area (Å²) in [4.78, 5) is 9.20. The molecule has 1 rings (SSSR count). The van der Waals surface area contributed by atoms with Gasteiger partial charge in [0.2, 0.25) is 0 Å². The highest BCUT2D eigenvalue weighted by Crippen LogP contribution is 2.50. The van der Waals surface area contributed by atoms with E-state index in [9.17, 15) is 9.46 Å². The van der Waals surface area contributed by atoms with Crippen LogP contribution in [0.25, 0.3) is 0 Å². The van der Waals surface area contributed by atoms with Gasteiger partial charge in [0.15, 0.2) is 0 Å². The van der Waals surface area contributed by atoms with Crippen molar-refractivity contribution < 1.29 is 18.5 Å². The molecule has 1 N–H and O–H groups in total. The summed E-state index contributed by atoms with van der Waals surface area (Å²) in [7, 11) is -3.78. The van der Waals surface area contributed by atoms with Gasteiger partial charge >= 0.3 is 7.82 Å². The zero-order valence-electron chi connectivity index (χ0n) is 8.32. The van der Waals surface area contributed by atoms with Crippen LogP contribution in [0, 0.1) is 5.41 Å². The SMILES string of the molecule is CC(C)(C)C1CCCOP(=O)(O)O1. The molecule has 0 spiro atoms. The zero-order valence-corrected chi connectivity index (χ0v) is 9.21. The summed E-state index contributed by atoms with van der Waals surface area (Å²) in [6.07, 6.45) is 1.34. The summed E-state index contributed by atoms with van der Waals surface area (Å²) in [6.45, 7) is 6.27. The molecule has 0 aromatic heterocycles. The van der Waals surface area contributed by atoms with Crippen LogP contribution < -0.4 is 0 Å². The van der Waals surface area contributed by atoms with Crippen molar-refractivity contribution in [2.45, 2.75) is 39.7 Å². The lowest BCUT2D eigenvalue weighted by atomic mass is 9.87. The van der Waals surface area contributed by atoms with Gasteiger partial charge in [-0.05, 0) is 18.3 Å². The minimum atomic E-state index is -3.78. The van der Waals surface area contributed by atoms with Crippen molar-refractivity contribution in [1.82, 2.24) is 0 Å². The molecule has 1 heterocycles. The van der Waals surface area contributed by atoms with Crippen LogP contribution in [0.4, 0.5) is 0 Å². The van der Waals surface area contributed by atoms with Gasteiger partial charge in [0.05, 0.1) is 12.7 Å². The minimum absolute atomic E-state index is 0.119. The molecular formula is C8H17O4P. The molecule has 2 atom stereocenters. The van der Waals surface area contributed by atoms with Crippen molar-refractivity contribution in [3.05, 3.63) is 0 Å². The van der Waals surface area contributed by atoms with Crippen molar-refractivity contribution in [3.63, 3.8) is 0 Å². The number of hydrogen-bond acceptors (Lipinski definition) is 3. The molecule has 0 amide bonds. The van der Waals surface area contributed by atoms with E-state index < -0.39 is 7.82 Å². The first-order valence-corrected chi connectivity index (χ1v) is 5.96. The van der Waals surface area contributed by atoms with E-state index >= 15 is 0 Å². The van der Waals surface area contributed by atoms with Crippen LogP contribution >= 0.6 is 7.82 Å². The Labute approximate surface area is 78.9 Å². The molecule has 1 saturated heterocycles. The number of hydrogen-bond donors (Lipinski definition) is 1. The first-order chi connectivity index (χ1) is 5.81. The molecule has 4 nitrogen and oxygen atoms in total. The zero-order chi connectivity index (χ0) is 10.1. The summed E-state index contributed by atoms with van der Waals surface area (Å²) < 4.78 is 21.0. The van der Waals surface area contributed by atoms with E-state index in [1.165, 1.54) is 0 Å². The third-order valence-electron chi connectivity index (χ3n) is 2.09. The normalized spacial score (nSPS) is 37.1. The van der Waals surface area contributed by atoms with E-state index in [0.29, 0.717) is 6.61 Å². The van der Waals surface area contributed by atoms with Gasteiger partial charge in [0.1, 0.15) is 0 Å². The smallest absolute Gasteiger partial charge is 0.302 e. The highest BCUT2D eigenvalue weighted by molar-refractivity contribution is 7.47. The van der Waals surface area contributed by atoms with Gasteiger partial charge in [0, 0.05) is 0 Å². The fourth-order valence-corrected chi connectivity index (χ4v) is 2.45. The van der Waals surface area contributed by atoms with Gasteiger partial charge in [-0.25, -0.2) is 4.57 Å². The predicted molar refractivity (Wildman–Crippen MR) is 49.3 cm³/mol. The van der Waals surface area contributed by atoms with E-state index in [2.05, 4.69) is 0 Å². The average Bonchev–Trinajstić information content (AvgIpc) is 2.08. The van der Waals surface area contributed by atoms with E-state index in [1.807, 2.05) is 20.8 Å². The second kappa shape index (κ2) is 3.70. The topological polar surface area (TPSA) is 55.8 Å². The molecule has 78 valence electrons. The average molecular weight is 208 g/mol. The van der Waals surface area contributed by atoms with Crippen molar-refractivity contribution in [1.29, 1.82) is 0 Å². The van der Waals surface area contributed by atoms with Crippen LogP contribution in [-0.4, -0.2) is 17.6 Å². The summed E-state index contributed by atoms with van der Waals surface area (Å²) in [5, 5.41) is 0. The predicted octanol–water partition coefficient (Wildman–Crippen LogP) is 2.33. The Morgan fingerprint density at radius 3 is 2.62 bits per heavy atom. The lowest BCUT2D eigenvalue weighted by Crippen LogP contribution is -2.27. The molecule has 1 aliphatic heterocycles. The Morgan fingerprint density at radius 2 is 2.08 bits per heavy atom. The monoisotopic (exact) mass is 208 g/mol. The van der Waals surface area contributed by atoms with Gasteiger partial charge in [-0.3, -0.25) is 9.05 Å². The standard InChI is InChI=1S/C8H17O4P/c1-8(2,3)7-5-4-6-11-13(9,10)12-7/h7H,4-6H2,1-3H3,(H,9,10). The molecule has 0 saturated carbocycles. The summed E-state index contributed by atoms with van der Waals surface area (Å²) in [5.41, 5.74) is -0.119. The molecule has 0 bridgehead atoms. The number of rotatable bonds is 0. The van der Waals surface area contributed by atoms with Crippen LogP contribution in [0.5, 0.6) is 0 Å². The number of phosphoric acid groups is 1. The number of phosphoric ester groups is 1. The Morgan fingerprint density at radius 1 is 1.46 bits per heavy atom. The minimum Gasteiger partial charge on any atom is -0.302 e. The third-order valence-corrected chi connectivity index (χ3v) is 3.12. The Balaban J connectivity index is 2.71. The van der Waals surface area contributed by atoms with Gasteiger partial charge in [0.25, 0.3) is 0 Å². The van der Waals surface area contributed by atoms with E-state index in [0.717, 1.165) is 12.8 Å². The molecule has 0 radical (unpaired) electrons. The van der Waals surface area contributed by atoms with Crippen molar-refractivity contribution in [2.75, 3.05) is 6.61 Å². The van der Waals surface area contributed by atoms with Gasteiger partial charge in [-0.1, -0.05) is 20.8 Å². The molecule has 2 unspecified atom stereocenters. The lowest BCUT2D eigenvalue weighted by molar-refractivity contribution is 0.0552. The first-order valence-electron chi connectivity index (χ1n) is 4.47.